The number of anilines is 2. The lowest BCUT2D eigenvalue weighted by molar-refractivity contribution is 0.901. The third-order valence-corrected chi connectivity index (χ3v) is 3.61. The van der Waals surface area contributed by atoms with Gasteiger partial charge < -0.3 is 10.6 Å². The van der Waals surface area contributed by atoms with Crippen molar-refractivity contribution in [2.75, 3.05) is 17.7 Å². The van der Waals surface area contributed by atoms with Gasteiger partial charge in [0.15, 0.2) is 0 Å². The molecule has 0 radical (unpaired) electrons. The maximum absolute atomic E-state index is 4.67. The van der Waals surface area contributed by atoms with Crippen molar-refractivity contribution >= 4 is 11.6 Å². The van der Waals surface area contributed by atoms with E-state index in [1.54, 1.807) is 6.20 Å². The Hall–Kier alpha value is -2.24. The van der Waals surface area contributed by atoms with E-state index in [2.05, 4.69) is 30.6 Å². The highest BCUT2D eigenvalue weighted by molar-refractivity contribution is 5.57. The molecule has 0 bridgehead atoms. The largest absolute Gasteiger partial charge is 0.373 e. The highest BCUT2D eigenvalue weighted by Gasteiger charge is 2.28. The summed E-state index contributed by atoms with van der Waals surface area (Å²) in [5.74, 6) is 4.02. The van der Waals surface area contributed by atoms with Crippen LogP contribution in [-0.4, -0.2) is 27.0 Å². The van der Waals surface area contributed by atoms with Gasteiger partial charge in [0, 0.05) is 24.7 Å². The molecule has 2 heterocycles. The monoisotopic (exact) mass is 284 g/mol. The molecule has 21 heavy (non-hydrogen) atoms. The lowest BCUT2D eigenvalue weighted by atomic mass is 10.2. The Morgan fingerprint density at radius 2 is 1.90 bits per heavy atom. The summed E-state index contributed by atoms with van der Waals surface area (Å²) in [5.41, 5.74) is 1.99. The predicted octanol–water partition coefficient (Wildman–Crippen LogP) is 2.41. The first-order valence-electron chi connectivity index (χ1n) is 7.26. The van der Waals surface area contributed by atoms with Gasteiger partial charge in [0.25, 0.3) is 0 Å². The number of aromatic nitrogens is 4. The maximum atomic E-state index is 4.67. The van der Waals surface area contributed by atoms with Crippen LogP contribution in [0.15, 0.2) is 12.3 Å². The van der Waals surface area contributed by atoms with Crippen molar-refractivity contribution in [3.05, 3.63) is 35.2 Å². The highest BCUT2D eigenvalue weighted by atomic mass is 15.1. The zero-order chi connectivity index (χ0) is 14.8. The summed E-state index contributed by atoms with van der Waals surface area (Å²) in [6.45, 7) is 4.55. The third kappa shape index (κ3) is 3.09. The molecule has 1 fully saturated rings. The average molecular weight is 284 g/mol. The van der Waals surface area contributed by atoms with Crippen molar-refractivity contribution in [3.63, 3.8) is 0 Å². The fourth-order valence-corrected chi connectivity index (χ4v) is 2.25. The van der Waals surface area contributed by atoms with E-state index in [1.807, 2.05) is 27.0 Å². The molecule has 1 aliphatic carbocycles. The minimum Gasteiger partial charge on any atom is -0.373 e. The van der Waals surface area contributed by atoms with Gasteiger partial charge in [-0.15, -0.1) is 0 Å². The summed E-state index contributed by atoms with van der Waals surface area (Å²) in [6, 6.07) is 1.91. The molecule has 6 heteroatoms. The molecule has 0 atom stereocenters. The summed E-state index contributed by atoms with van der Waals surface area (Å²) < 4.78 is 0. The topological polar surface area (TPSA) is 75.6 Å². The SMILES string of the molecule is CNc1nc(C2CC2)nc(NCc2ccnc(C)n2)c1C. The first-order chi connectivity index (χ1) is 10.2. The molecule has 0 spiro atoms. The minimum atomic E-state index is 0.527. The van der Waals surface area contributed by atoms with Crippen LogP contribution in [0.5, 0.6) is 0 Å². The van der Waals surface area contributed by atoms with E-state index < -0.39 is 0 Å². The smallest absolute Gasteiger partial charge is 0.136 e. The standard InChI is InChI=1S/C15H20N6/c1-9-13(16-3)20-15(11-4-5-11)21-14(9)18-8-12-6-7-17-10(2)19-12/h6-7,11H,4-5,8H2,1-3H3,(H2,16,18,20,21). The molecule has 0 unspecified atom stereocenters. The van der Waals surface area contributed by atoms with E-state index in [0.29, 0.717) is 12.5 Å². The molecule has 0 amide bonds. The van der Waals surface area contributed by atoms with Gasteiger partial charge in [-0.1, -0.05) is 0 Å². The molecule has 0 saturated heterocycles. The van der Waals surface area contributed by atoms with E-state index in [0.717, 1.165) is 34.5 Å². The van der Waals surface area contributed by atoms with Crippen molar-refractivity contribution in [2.24, 2.45) is 0 Å². The molecule has 1 aliphatic rings. The van der Waals surface area contributed by atoms with Crippen LogP contribution in [0.2, 0.25) is 0 Å². The molecule has 0 aliphatic heterocycles. The Labute approximate surface area is 124 Å². The van der Waals surface area contributed by atoms with Crippen molar-refractivity contribution in [3.8, 4) is 0 Å². The zero-order valence-corrected chi connectivity index (χ0v) is 12.6. The number of rotatable bonds is 5. The van der Waals surface area contributed by atoms with Crippen molar-refractivity contribution in [1.29, 1.82) is 0 Å². The van der Waals surface area contributed by atoms with Crippen LogP contribution in [0.1, 0.15) is 41.7 Å². The van der Waals surface area contributed by atoms with Gasteiger partial charge >= 0.3 is 0 Å². The Kier molecular flexibility index (Phi) is 3.68. The third-order valence-electron chi connectivity index (χ3n) is 3.61. The van der Waals surface area contributed by atoms with Gasteiger partial charge in [0.05, 0.1) is 12.2 Å². The van der Waals surface area contributed by atoms with Crippen LogP contribution in [0.3, 0.4) is 0 Å². The van der Waals surface area contributed by atoms with Crippen LogP contribution in [-0.2, 0) is 6.54 Å². The second kappa shape index (κ2) is 5.63. The van der Waals surface area contributed by atoms with E-state index in [-0.39, 0.29) is 0 Å². The Morgan fingerprint density at radius 3 is 2.57 bits per heavy atom. The fraction of sp³-hybridized carbons (Fsp3) is 0.467. The summed E-state index contributed by atoms with van der Waals surface area (Å²) in [7, 11) is 1.89. The molecular weight excluding hydrogens is 264 g/mol. The molecule has 110 valence electrons. The van der Waals surface area contributed by atoms with Crippen LogP contribution in [0, 0.1) is 13.8 Å². The van der Waals surface area contributed by atoms with Crippen molar-refractivity contribution < 1.29 is 0 Å². The molecule has 3 rings (SSSR count). The number of nitrogens with one attached hydrogen (secondary N) is 2. The van der Waals surface area contributed by atoms with E-state index in [4.69, 9.17) is 0 Å². The lowest BCUT2D eigenvalue weighted by Crippen LogP contribution is -2.10. The molecular formula is C15H20N6. The van der Waals surface area contributed by atoms with Crippen molar-refractivity contribution in [1.82, 2.24) is 19.9 Å². The molecule has 1 saturated carbocycles. The molecule has 2 aromatic heterocycles. The van der Waals surface area contributed by atoms with Crippen LogP contribution in [0.4, 0.5) is 11.6 Å². The highest BCUT2D eigenvalue weighted by Crippen LogP contribution is 2.39. The quantitative estimate of drug-likeness (QED) is 0.878. The van der Waals surface area contributed by atoms with Crippen molar-refractivity contribution in [2.45, 2.75) is 39.2 Å². The van der Waals surface area contributed by atoms with E-state index >= 15 is 0 Å². The minimum absolute atomic E-state index is 0.527. The predicted molar refractivity (Wildman–Crippen MR) is 82.4 cm³/mol. The van der Waals surface area contributed by atoms with Crippen LogP contribution >= 0.6 is 0 Å². The summed E-state index contributed by atoms with van der Waals surface area (Å²) in [5, 5.41) is 6.52. The van der Waals surface area contributed by atoms with Gasteiger partial charge in [0.1, 0.15) is 23.3 Å². The molecule has 6 nitrogen and oxygen atoms in total. The second-order valence-corrected chi connectivity index (χ2v) is 5.38. The van der Waals surface area contributed by atoms with Gasteiger partial charge in [0.2, 0.25) is 0 Å². The maximum Gasteiger partial charge on any atom is 0.136 e. The number of nitrogens with zero attached hydrogens (tertiary/aromatic N) is 4. The Balaban J connectivity index is 1.82. The lowest BCUT2D eigenvalue weighted by Gasteiger charge is -2.13. The second-order valence-electron chi connectivity index (χ2n) is 5.38. The van der Waals surface area contributed by atoms with Crippen LogP contribution in [0.25, 0.3) is 0 Å². The summed E-state index contributed by atoms with van der Waals surface area (Å²) >= 11 is 0. The molecule has 0 aromatic carbocycles. The van der Waals surface area contributed by atoms with Gasteiger partial charge in [-0.05, 0) is 32.8 Å². The van der Waals surface area contributed by atoms with Crippen LogP contribution < -0.4 is 10.6 Å². The van der Waals surface area contributed by atoms with Gasteiger partial charge in [-0.25, -0.2) is 19.9 Å². The zero-order valence-electron chi connectivity index (χ0n) is 12.6. The summed E-state index contributed by atoms with van der Waals surface area (Å²) in [6.07, 6.45) is 4.16. The van der Waals surface area contributed by atoms with Gasteiger partial charge in [-0.2, -0.15) is 0 Å². The normalized spacial score (nSPS) is 14.0. The molecule has 2 N–H and O–H groups in total. The Bertz CT molecular complexity index is 651. The number of hydrogen-bond acceptors (Lipinski definition) is 6. The fourth-order valence-electron chi connectivity index (χ4n) is 2.25. The molecule has 2 aromatic rings. The average Bonchev–Trinajstić information content (AvgIpc) is 3.31. The summed E-state index contributed by atoms with van der Waals surface area (Å²) in [4.78, 5) is 17.8. The number of hydrogen-bond donors (Lipinski definition) is 2. The Morgan fingerprint density at radius 1 is 1.14 bits per heavy atom. The van der Waals surface area contributed by atoms with E-state index in [1.165, 1.54) is 12.8 Å². The van der Waals surface area contributed by atoms with Gasteiger partial charge in [-0.3, -0.25) is 0 Å². The number of aryl methyl sites for hydroxylation is 1. The first kappa shape index (κ1) is 13.7. The first-order valence-corrected chi connectivity index (χ1v) is 7.26. The van der Waals surface area contributed by atoms with E-state index in [9.17, 15) is 0 Å².